The van der Waals surface area contributed by atoms with Gasteiger partial charge in [0.2, 0.25) is 0 Å². The van der Waals surface area contributed by atoms with Crippen LogP contribution in [0.2, 0.25) is 0 Å². The van der Waals surface area contributed by atoms with E-state index in [1.807, 2.05) is 4.98 Å². The number of nitrogens with zero attached hydrogens (tertiary/aromatic N) is 1. The highest BCUT2D eigenvalue weighted by Gasteiger charge is 2.34. The molecule has 0 saturated carbocycles. The fraction of sp³-hybridized carbons (Fsp3) is 0.250. The second-order valence-electron chi connectivity index (χ2n) is 4.32. The van der Waals surface area contributed by atoms with Gasteiger partial charge in [-0.15, -0.1) is 0 Å². The predicted octanol–water partition coefficient (Wildman–Crippen LogP) is 1.36. The van der Waals surface area contributed by atoms with Crippen LogP contribution < -0.4 is 10.9 Å². The summed E-state index contributed by atoms with van der Waals surface area (Å²) in [5, 5.41) is 8.92. The summed E-state index contributed by atoms with van der Waals surface area (Å²) >= 11 is 0. The minimum Gasteiger partial charge on any atom is -0.347 e. The van der Waals surface area contributed by atoms with Gasteiger partial charge in [0, 0.05) is 17.8 Å². The summed E-state index contributed by atoms with van der Waals surface area (Å²) in [5.41, 5.74) is -1.44. The summed E-state index contributed by atoms with van der Waals surface area (Å²) in [4.78, 5) is 25.0. The number of halogens is 3. The van der Waals surface area contributed by atoms with Crippen LogP contribution in [0.5, 0.6) is 0 Å². The maximum atomic E-state index is 12.4. The number of aromatic amines is 2. The van der Waals surface area contributed by atoms with Crippen LogP contribution in [0.25, 0.3) is 0 Å². The number of rotatable bonds is 3. The van der Waals surface area contributed by atoms with Gasteiger partial charge in [0.25, 0.3) is 11.5 Å². The number of amides is 1. The lowest BCUT2D eigenvalue weighted by Crippen LogP contribution is -2.28. The van der Waals surface area contributed by atoms with Crippen molar-refractivity contribution in [1.29, 1.82) is 0 Å². The standard InChI is InChI=1S/C12H11F3N4O2/c1-6-7(5-17-19-6)4-16-11(21)9-3-2-8(10(20)18-9)12(13,14)15/h2-3,5H,4H2,1H3,(H,16,21)(H,17,19)(H,18,20). The number of carbonyl (C=O) groups is 1. The van der Waals surface area contributed by atoms with E-state index in [4.69, 9.17) is 0 Å². The van der Waals surface area contributed by atoms with Crippen LogP contribution in [0.4, 0.5) is 13.2 Å². The van der Waals surface area contributed by atoms with Gasteiger partial charge in [-0.25, -0.2) is 0 Å². The molecule has 0 fully saturated rings. The third-order valence-electron chi connectivity index (χ3n) is 2.83. The highest BCUT2D eigenvalue weighted by Crippen LogP contribution is 2.25. The monoisotopic (exact) mass is 300 g/mol. The third kappa shape index (κ3) is 3.30. The van der Waals surface area contributed by atoms with Gasteiger partial charge in [0.05, 0.1) is 6.20 Å². The molecule has 0 aliphatic rings. The van der Waals surface area contributed by atoms with E-state index in [0.29, 0.717) is 6.07 Å². The molecule has 9 heteroatoms. The zero-order valence-electron chi connectivity index (χ0n) is 10.8. The number of alkyl halides is 3. The molecule has 2 aromatic heterocycles. The van der Waals surface area contributed by atoms with E-state index in [1.54, 1.807) is 6.92 Å². The SMILES string of the molecule is Cc1[nH]ncc1CNC(=O)c1ccc(C(F)(F)F)c(=O)[nH]1. The largest absolute Gasteiger partial charge is 0.421 e. The summed E-state index contributed by atoms with van der Waals surface area (Å²) in [5.74, 6) is -0.679. The molecule has 2 rings (SSSR count). The Balaban J connectivity index is 2.12. The quantitative estimate of drug-likeness (QED) is 0.799. The molecule has 0 unspecified atom stereocenters. The lowest BCUT2D eigenvalue weighted by Gasteiger charge is -2.07. The number of hydrogen-bond acceptors (Lipinski definition) is 3. The molecule has 112 valence electrons. The van der Waals surface area contributed by atoms with Crippen LogP contribution in [0.3, 0.4) is 0 Å². The minimum absolute atomic E-state index is 0.143. The van der Waals surface area contributed by atoms with Crippen LogP contribution in [0, 0.1) is 6.92 Å². The number of aromatic nitrogens is 3. The van der Waals surface area contributed by atoms with Crippen molar-refractivity contribution in [2.45, 2.75) is 19.6 Å². The first-order valence-electron chi connectivity index (χ1n) is 5.86. The molecule has 0 bridgehead atoms. The number of pyridine rings is 1. The lowest BCUT2D eigenvalue weighted by atomic mass is 10.2. The van der Waals surface area contributed by atoms with Gasteiger partial charge in [-0.3, -0.25) is 14.7 Å². The summed E-state index contributed by atoms with van der Waals surface area (Å²) in [6.45, 7) is 1.90. The molecule has 0 aliphatic heterocycles. The molecule has 2 heterocycles. The van der Waals surface area contributed by atoms with Gasteiger partial charge in [0.15, 0.2) is 0 Å². The predicted molar refractivity (Wildman–Crippen MR) is 66.6 cm³/mol. The summed E-state index contributed by atoms with van der Waals surface area (Å²) in [6, 6.07) is 1.50. The number of hydrogen-bond donors (Lipinski definition) is 3. The van der Waals surface area contributed by atoms with E-state index in [0.717, 1.165) is 17.3 Å². The Bertz CT molecular complexity index is 718. The smallest absolute Gasteiger partial charge is 0.347 e. The second kappa shape index (κ2) is 5.43. The molecule has 21 heavy (non-hydrogen) atoms. The molecule has 6 nitrogen and oxygen atoms in total. The molecular formula is C12H11F3N4O2. The second-order valence-corrected chi connectivity index (χ2v) is 4.32. The average Bonchev–Trinajstić information content (AvgIpc) is 2.80. The van der Waals surface area contributed by atoms with Gasteiger partial charge >= 0.3 is 6.18 Å². The lowest BCUT2D eigenvalue weighted by molar-refractivity contribution is -0.138. The first kappa shape index (κ1) is 14.8. The molecule has 0 radical (unpaired) electrons. The van der Waals surface area contributed by atoms with E-state index >= 15 is 0 Å². The van der Waals surface area contributed by atoms with Crippen molar-refractivity contribution >= 4 is 5.91 Å². The molecule has 0 aromatic carbocycles. The van der Waals surface area contributed by atoms with Crippen LogP contribution in [0.1, 0.15) is 27.3 Å². The normalized spacial score (nSPS) is 11.4. The molecule has 0 atom stereocenters. The van der Waals surface area contributed by atoms with Crippen LogP contribution in [-0.4, -0.2) is 21.1 Å². The van der Waals surface area contributed by atoms with Gasteiger partial charge < -0.3 is 10.3 Å². The highest BCUT2D eigenvalue weighted by atomic mass is 19.4. The summed E-state index contributed by atoms with van der Waals surface area (Å²) in [7, 11) is 0. The zero-order chi connectivity index (χ0) is 15.6. The zero-order valence-corrected chi connectivity index (χ0v) is 10.8. The number of carbonyl (C=O) groups excluding carboxylic acids is 1. The van der Waals surface area contributed by atoms with Gasteiger partial charge in [-0.1, -0.05) is 0 Å². The van der Waals surface area contributed by atoms with Gasteiger partial charge in [-0.2, -0.15) is 18.3 Å². The molecule has 3 N–H and O–H groups in total. The highest BCUT2D eigenvalue weighted by molar-refractivity contribution is 5.92. The molecule has 1 amide bonds. The Hall–Kier alpha value is -2.58. The molecule has 0 aliphatic carbocycles. The van der Waals surface area contributed by atoms with E-state index in [2.05, 4.69) is 15.5 Å². The Morgan fingerprint density at radius 3 is 2.62 bits per heavy atom. The van der Waals surface area contributed by atoms with E-state index < -0.39 is 23.2 Å². The van der Waals surface area contributed by atoms with Crippen LogP contribution in [-0.2, 0) is 12.7 Å². The molecule has 2 aromatic rings. The Morgan fingerprint density at radius 1 is 1.38 bits per heavy atom. The Morgan fingerprint density at radius 2 is 2.10 bits per heavy atom. The molecule has 0 saturated heterocycles. The topological polar surface area (TPSA) is 90.6 Å². The number of aryl methyl sites for hydroxylation is 1. The van der Waals surface area contributed by atoms with Crippen molar-refractivity contribution in [1.82, 2.24) is 20.5 Å². The van der Waals surface area contributed by atoms with Crippen molar-refractivity contribution in [2.75, 3.05) is 0 Å². The molecule has 0 spiro atoms. The first-order valence-corrected chi connectivity index (χ1v) is 5.86. The van der Waals surface area contributed by atoms with Crippen LogP contribution in [0.15, 0.2) is 23.1 Å². The Labute approximate surface area is 116 Å². The fourth-order valence-electron chi connectivity index (χ4n) is 1.65. The maximum Gasteiger partial charge on any atom is 0.421 e. The van der Waals surface area contributed by atoms with Crippen LogP contribution >= 0.6 is 0 Å². The molecular weight excluding hydrogens is 289 g/mol. The third-order valence-corrected chi connectivity index (χ3v) is 2.83. The fourth-order valence-corrected chi connectivity index (χ4v) is 1.65. The summed E-state index contributed by atoms with van der Waals surface area (Å²) in [6.07, 6.45) is -3.23. The van der Waals surface area contributed by atoms with Crippen molar-refractivity contribution in [3.05, 3.63) is 51.2 Å². The Kier molecular flexibility index (Phi) is 3.83. The summed E-state index contributed by atoms with van der Waals surface area (Å²) < 4.78 is 37.3. The van der Waals surface area contributed by atoms with Crippen molar-refractivity contribution in [2.24, 2.45) is 0 Å². The van der Waals surface area contributed by atoms with E-state index in [1.165, 1.54) is 6.20 Å². The maximum absolute atomic E-state index is 12.4. The number of H-pyrrole nitrogens is 2. The van der Waals surface area contributed by atoms with Crippen molar-refractivity contribution < 1.29 is 18.0 Å². The van der Waals surface area contributed by atoms with E-state index in [-0.39, 0.29) is 12.2 Å². The van der Waals surface area contributed by atoms with Crippen molar-refractivity contribution in [3.8, 4) is 0 Å². The van der Waals surface area contributed by atoms with Gasteiger partial charge in [-0.05, 0) is 19.1 Å². The number of nitrogens with one attached hydrogen (secondary N) is 3. The van der Waals surface area contributed by atoms with E-state index in [9.17, 15) is 22.8 Å². The average molecular weight is 300 g/mol. The van der Waals surface area contributed by atoms with Crippen molar-refractivity contribution in [3.63, 3.8) is 0 Å². The minimum atomic E-state index is -4.75. The first-order chi connectivity index (χ1) is 9.79. The van der Waals surface area contributed by atoms with Gasteiger partial charge in [0.1, 0.15) is 11.3 Å².